The van der Waals surface area contributed by atoms with Crippen molar-refractivity contribution in [2.24, 2.45) is 0 Å². The molecule has 4 rings (SSSR count). The predicted octanol–water partition coefficient (Wildman–Crippen LogP) is 6.68. The zero-order valence-electron chi connectivity index (χ0n) is 19.4. The molecular formula is C27H19F4I2NO4. The summed E-state index contributed by atoms with van der Waals surface area (Å²) < 4.78 is 59.8. The smallest absolute Gasteiger partial charge is 0.416 e. The van der Waals surface area contributed by atoms with Gasteiger partial charge in [0.2, 0.25) is 5.91 Å². The van der Waals surface area contributed by atoms with Crippen molar-refractivity contribution >= 4 is 63.1 Å². The molecule has 38 heavy (non-hydrogen) atoms. The van der Waals surface area contributed by atoms with Gasteiger partial charge in [-0.15, -0.1) is 0 Å². The Bertz CT molecular complexity index is 1410. The Labute approximate surface area is 242 Å². The number of carbonyl (C=O) groups is 2. The monoisotopic (exact) mass is 751 g/mol. The first-order valence-corrected chi connectivity index (χ1v) is 13.4. The average molecular weight is 751 g/mol. The van der Waals surface area contributed by atoms with E-state index in [1.165, 1.54) is 41.3 Å². The molecule has 11 heteroatoms. The van der Waals surface area contributed by atoms with E-state index in [9.17, 15) is 32.3 Å². The molecule has 3 aromatic carbocycles. The van der Waals surface area contributed by atoms with Gasteiger partial charge < -0.3 is 14.7 Å². The SMILES string of the molecule is O=C(O)[C@@H]1Cc2cc(I)c(OCc3ccc(C(F)(F)F)cc3)c(I)c2CN1C(=O)/C=C/c1ccccc1F. The summed E-state index contributed by atoms with van der Waals surface area (Å²) in [5.41, 5.74) is 1.48. The minimum Gasteiger partial charge on any atom is -0.487 e. The van der Waals surface area contributed by atoms with Gasteiger partial charge in [-0.3, -0.25) is 4.79 Å². The third kappa shape index (κ3) is 6.30. The Balaban J connectivity index is 1.58. The number of nitrogens with zero attached hydrogens (tertiary/aromatic N) is 1. The quantitative estimate of drug-likeness (QED) is 0.174. The van der Waals surface area contributed by atoms with Crippen molar-refractivity contribution in [1.29, 1.82) is 0 Å². The van der Waals surface area contributed by atoms with E-state index in [4.69, 9.17) is 4.74 Å². The zero-order valence-corrected chi connectivity index (χ0v) is 23.8. The van der Waals surface area contributed by atoms with Gasteiger partial charge in [-0.1, -0.05) is 30.3 Å². The lowest BCUT2D eigenvalue weighted by atomic mass is 9.93. The summed E-state index contributed by atoms with van der Waals surface area (Å²) in [6.45, 7) is 0.0211. The summed E-state index contributed by atoms with van der Waals surface area (Å²) in [4.78, 5) is 26.2. The lowest BCUT2D eigenvalue weighted by molar-refractivity contribution is -0.149. The molecule has 0 aliphatic carbocycles. The first-order valence-electron chi connectivity index (χ1n) is 11.2. The molecule has 0 fully saturated rings. The highest BCUT2D eigenvalue weighted by Crippen LogP contribution is 2.38. The van der Waals surface area contributed by atoms with Gasteiger partial charge in [-0.2, -0.15) is 13.2 Å². The maximum Gasteiger partial charge on any atom is 0.416 e. The Morgan fingerprint density at radius 2 is 1.79 bits per heavy atom. The standard InChI is InChI=1S/C27H19F4I2NO4/c28-20-4-2-1-3-16(20)7-10-23(35)34-13-19-17(12-22(34)26(36)37)11-21(32)25(24(19)33)38-14-15-5-8-18(9-6-15)27(29,30)31/h1-11,22H,12-14H2,(H,36,37)/b10-7+/t22-/m0/s1. The van der Waals surface area contributed by atoms with Crippen LogP contribution in [0.15, 0.2) is 60.7 Å². The first-order chi connectivity index (χ1) is 18.0. The van der Waals surface area contributed by atoms with Crippen molar-refractivity contribution in [3.63, 3.8) is 0 Å². The number of amides is 1. The fraction of sp³-hybridized carbons (Fsp3) is 0.185. The maximum absolute atomic E-state index is 14.0. The number of carboxylic acid groups (broad SMARTS) is 1. The van der Waals surface area contributed by atoms with E-state index >= 15 is 0 Å². The van der Waals surface area contributed by atoms with Gasteiger partial charge in [0.15, 0.2) is 0 Å². The Hall–Kier alpha value is -2.68. The number of aliphatic carboxylic acids is 1. The predicted molar refractivity (Wildman–Crippen MR) is 149 cm³/mol. The second-order valence-electron chi connectivity index (χ2n) is 8.50. The van der Waals surface area contributed by atoms with E-state index < -0.39 is 35.5 Å². The number of fused-ring (bicyclic) bond motifs is 1. The Morgan fingerprint density at radius 1 is 1.11 bits per heavy atom. The molecule has 1 atom stereocenters. The van der Waals surface area contributed by atoms with Crippen molar-refractivity contribution < 1.29 is 37.0 Å². The lowest BCUT2D eigenvalue weighted by Crippen LogP contribution is -2.48. The topological polar surface area (TPSA) is 66.8 Å². The summed E-state index contributed by atoms with van der Waals surface area (Å²) in [5, 5.41) is 9.81. The van der Waals surface area contributed by atoms with Gasteiger partial charge >= 0.3 is 12.1 Å². The molecule has 5 nitrogen and oxygen atoms in total. The summed E-state index contributed by atoms with van der Waals surface area (Å²) >= 11 is 4.13. The summed E-state index contributed by atoms with van der Waals surface area (Å²) in [5.74, 6) is -1.74. The molecular weight excluding hydrogens is 732 g/mol. The fourth-order valence-corrected chi connectivity index (χ4v) is 6.32. The molecule has 198 valence electrons. The Kier molecular flexibility index (Phi) is 8.65. The molecule has 0 unspecified atom stereocenters. The van der Waals surface area contributed by atoms with E-state index in [1.807, 2.05) is 0 Å². The molecule has 1 amide bonds. The van der Waals surface area contributed by atoms with Crippen LogP contribution in [-0.2, 0) is 35.3 Å². The molecule has 0 radical (unpaired) electrons. The number of rotatable bonds is 6. The van der Waals surface area contributed by atoms with E-state index in [0.29, 0.717) is 18.5 Å². The lowest BCUT2D eigenvalue weighted by Gasteiger charge is -2.35. The maximum atomic E-state index is 14.0. The van der Waals surface area contributed by atoms with Crippen LogP contribution in [0.25, 0.3) is 6.08 Å². The highest BCUT2D eigenvalue weighted by atomic mass is 127. The number of ether oxygens (including phenoxy) is 1. The van der Waals surface area contributed by atoms with Crippen molar-refractivity contribution in [3.8, 4) is 5.75 Å². The van der Waals surface area contributed by atoms with Gasteiger partial charge in [0.05, 0.1) is 12.7 Å². The molecule has 1 heterocycles. The van der Waals surface area contributed by atoms with Crippen LogP contribution in [0, 0.1) is 13.0 Å². The molecule has 0 saturated carbocycles. The van der Waals surface area contributed by atoms with Crippen LogP contribution in [0.5, 0.6) is 5.75 Å². The molecule has 0 bridgehead atoms. The van der Waals surface area contributed by atoms with Gasteiger partial charge in [0.1, 0.15) is 24.2 Å². The number of alkyl halides is 3. The number of carboxylic acids is 1. The van der Waals surface area contributed by atoms with Crippen molar-refractivity contribution in [3.05, 3.63) is 101 Å². The summed E-state index contributed by atoms with van der Waals surface area (Å²) in [6, 6.07) is 11.3. The molecule has 1 N–H and O–H groups in total. The second kappa shape index (κ2) is 11.6. The molecule has 0 spiro atoms. The number of hydrogen-bond donors (Lipinski definition) is 1. The highest BCUT2D eigenvalue weighted by Gasteiger charge is 2.36. The summed E-state index contributed by atoms with van der Waals surface area (Å²) in [7, 11) is 0. The first kappa shape index (κ1) is 28.3. The average Bonchev–Trinajstić information content (AvgIpc) is 2.87. The van der Waals surface area contributed by atoms with Crippen LogP contribution in [0.3, 0.4) is 0 Å². The molecule has 1 aliphatic heterocycles. The number of benzene rings is 3. The Morgan fingerprint density at radius 3 is 2.42 bits per heavy atom. The van der Waals surface area contributed by atoms with E-state index in [-0.39, 0.29) is 25.1 Å². The van der Waals surface area contributed by atoms with E-state index in [1.54, 1.807) is 12.1 Å². The minimum atomic E-state index is -4.43. The van der Waals surface area contributed by atoms with Crippen LogP contribution in [-0.4, -0.2) is 27.9 Å². The molecule has 1 aliphatic rings. The normalized spacial score (nSPS) is 15.4. The van der Waals surface area contributed by atoms with Crippen molar-refractivity contribution in [1.82, 2.24) is 4.90 Å². The third-order valence-electron chi connectivity index (χ3n) is 6.03. The largest absolute Gasteiger partial charge is 0.487 e. The zero-order chi connectivity index (χ0) is 27.6. The fourth-order valence-electron chi connectivity index (χ4n) is 4.04. The van der Waals surface area contributed by atoms with Gasteiger partial charge in [0.25, 0.3) is 0 Å². The van der Waals surface area contributed by atoms with E-state index in [2.05, 4.69) is 45.2 Å². The van der Waals surface area contributed by atoms with Gasteiger partial charge in [-0.05, 0) is 92.2 Å². The highest BCUT2D eigenvalue weighted by molar-refractivity contribution is 14.1. The van der Waals surface area contributed by atoms with Crippen LogP contribution < -0.4 is 4.74 Å². The van der Waals surface area contributed by atoms with Crippen LogP contribution in [0.2, 0.25) is 0 Å². The van der Waals surface area contributed by atoms with Crippen LogP contribution in [0.1, 0.15) is 27.8 Å². The molecule has 3 aromatic rings. The second-order valence-corrected chi connectivity index (χ2v) is 10.7. The molecule has 0 saturated heterocycles. The summed E-state index contributed by atoms with van der Waals surface area (Å²) in [6.07, 6.45) is -1.89. The molecule has 0 aromatic heterocycles. The third-order valence-corrected chi connectivity index (χ3v) is 7.97. The number of halogens is 6. The van der Waals surface area contributed by atoms with Crippen molar-refractivity contribution in [2.75, 3.05) is 0 Å². The van der Waals surface area contributed by atoms with Crippen LogP contribution in [0.4, 0.5) is 17.6 Å². The van der Waals surface area contributed by atoms with Crippen molar-refractivity contribution in [2.45, 2.75) is 31.8 Å². The van der Waals surface area contributed by atoms with E-state index in [0.717, 1.165) is 29.3 Å². The van der Waals surface area contributed by atoms with Crippen LogP contribution >= 0.6 is 45.2 Å². The minimum absolute atomic E-state index is 0.00141. The van der Waals surface area contributed by atoms with Gasteiger partial charge in [-0.25, -0.2) is 9.18 Å². The van der Waals surface area contributed by atoms with Gasteiger partial charge in [0, 0.05) is 24.6 Å². The number of carbonyl (C=O) groups excluding carboxylic acids is 1. The number of hydrogen-bond acceptors (Lipinski definition) is 3.